The zero-order valence-corrected chi connectivity index (χ0v) is 43.2. The van der Waals surface area contributed by atoms with Crippen molar-refractivity contribution in [3.05, 3.63) is 48.6 Å². The summed E-state index contributed by atoms with van der Waals surface area (Å²) in [5.41, 5.74) is 0. The maximum Gasteiger partial charge on any atom is 0.472 e. The monoisotopic (exact) mass is 923 g/mol. The van der Waals surface area contributed by atoms with Crippen LogP contribution in [0, 0.1) is 0 Å². The molecule has 9 nitrogen and oxygen atoms in total. The minimum absolute atomic E-state index is 0.0319. The standard InChI is InChI=1S/C54H100NO8P/c1-6-8-10-12-14-16-18-20-22-23-24-25-26-27-28-29-30-31-33-35-37-39-41-43-45-47-54(57)63-52(51-62-64(58,59)61-49-48-55(3,4)5)50-60-53(56)46-44-42-40-38-36-34-32-21-19-17-15-13-11-9-7-2/h8,10,14,16,20,22,24-25,52H,6-7,9,11-13,15,17-19,21,23,26-51H2,1-5H3/p+1/b10-8-,16-14-,22-20-,25-24-. The first kappa shape index (κ1) is 62.0. The van der Waals surface area contributed by atoms with Crippen LogP contribution in [0.4, 0.5) is 0 Å². The summed E-state index contributed by atoms with van der Waals surface area (Å²) in [7, 11) is 1.48. The minimum atomic E-state index is -4.38. The van der Waals surface area contributed by atoms with E-state index in [4.69, 9.17) is 18.5 Å². The van der Waals surface area contributed by atoms with Crippen molar-refractivity contribution in [1.82, 2.24) is 0 Å². The van der Waals surface area contributed by atoms with Crippen LogP contribution < -0.4 is 0 Å². The molecule has 0 heterocycles. The van der Waals surface area contributed by atoms with Gasteiger partial charge in [0.15, 0.2) is 6.10 Å². The molecule has 0 bridgehead atoms. The van der Waals surface area contributed by atoms with Gasteiger partial charge >= 0.3 is 19.8 Å². The molecular weight excluding hydrogens is 822 g/mol. The van der Waals surface area contributed by atoms with Gasteiger partial charge in [-0.1, -0.05) is 217 Å². The lowest BCUT2D eigenvalue weighted by Gasteiger charge is -2.24. The highest BCUT2D eigenvalue weighted by Crippen LogP contribution is 2.43. The second-order valence-corrected chi connectivity index (χ2v) is 20.3. The molecule has 0 radical (unpaired) electrons. The van der Waals surface area contributed by atoms with Crippen molar-refractivity contribution in [2.75, 3.05) is 47.5 Å². The van der Waals surface area contributed by atoms with Gasteiger partial charge in [0.2, 0.25) is 0 Å². The average Bonchev–Trinajstić information content (AvgIpc) is 3.25. The van der Waals surface area contributed by atoms with Crippen molar-refractivity contribution >= 4 is 19.8 Å². The Hall–Kier alpha value is -2.03. The SMILES string of the molecule is CC/C=C\C/C=C\C/C=C\C/C=C\CCCCCCCCCCCCCCC(=O)OC(COC(=O)CCCCCCCCCCCCCCCCC)COP(=O)(O)OCC[N+](C)(C)C. The van der Waals surface area contributed by atoms with Gasteiger partial charge in [-0.25, -0.2) is 4.57 Å². The largest absolute Gasteiger partial charge is 0.472 e. The number of allylic oxidation sites excluding steroid dienone is 8. The van der Waals surface area contributed by atoms with E-state index < -0.39 is 26.5 Å². The summed E-state index contributed by atoms with van der Waals surface area (Å²) < 4.78 is 34.5. The molecule has 0 aliphatic carbocycles. The van der Waals surface area contributed by atoms with Crippen molar-refractivity contribution in [3.63, 3.8) is 0 Å². The van der Waals surface area contributed by atoms with Crippen LogP contribution in [0.3, 0.4) is 0 Å². The Balaban J connectivity index is 4.19. The molecule has 2 atom stereocenters. The van der Waals surface area contributed by atoms with Crippen LogP contribution in [0.5, 0.6) is 0 Å². The summed E-state index contributed by atoms with van der Waals surface area (Å²) >= 11 is 0. The maximum atomic E-state index is 12.8. The molecule has 2 unspecified atom stereocenters. The molecule has 64 heavy (non-hydrogen) atoms. The molecule has 0 rings (SSSR count). The predicted octanol–water partition coefficient (Wildman–Crippen LogP) is 15.8. The quantitative estimate of drug-likeness (QED) is 0.0211. The zero-order chi connectivity index (χ0) is 47.1. The number of esters is 2. The number of hydrogen-bond donors (Lipinski definition) is 1. The number of carbonyl (C=O) groups is 2. The summed E-state index contributed by atoms with van der Waals surface area (Å²) in [6.45, 7) is 4.34. The molecule has 10 heteroatoms. The molecular formula is C54H101NO8P+. The summed E-state index contributed by atoms with van der Waals surface area (Å²) in [6.07, 6.45) is 55.9. The van der Waals surface area contributed by atoms with Crippen LogP contribution in [0.2, 0.25) is 0 Å². The number of phosphoric acid groups is 1. The second kappa shape index (κ2) is 46.1. The Kier molecular flexibility index (Phi) is 44.6. The topological polar surface area (TPSA) is 108 Å². The molecule has 0 aromatic heterocycles. The number of carbonyl (C=O) groups excluding carboxylic acids is 2. The zero-order valence-electron chi connectivity index (χ0n) is 42.3. The van der Waals surface area contributed by atoms with Gasteiger partial charge < -0.3 is 18.9 Å². The predicted molar refractivity (Wildman–Crippen MR) is 270 cm³/mol. The highest BCUT2D eigenvalue weighted by Gasteiger charge is 2.27. The van der Waals surface area contributed by atoms with Gasteiger partial charge in [-0.05, 0) is 51.4 Å². The first-order valence-electron chi connectivity index (χ1n) is 26.4. The molecule has 0 fully saturated rings. The summed E-state index contributed by atoms with van der Waals surface area (Å²) in [6, 6.07) is 0. The molecule has 0 saturated carbocycles. The average molecular weight is 923 g/mol. The third-order valence-corrected chi connectivity index (χ3v) is 12.4. The lowest BCUT2D eigenvalue weighted by molar-refractivity contribution is -0.870. The highest BCUT2D eigenvalue weighted by molar-refractivity contribution is 7.47. The number of hydrogen-bond acceptors (Lipinski definition) is 7. The van der Waals surface area contributed by atoms with Gasteiger partial charge in [-0.2, -0.15) is 0 Å². The van der Waals surface area contributed by atoms with Gasteiger partial charge in [0, 0.05) is 12.8 Å². The Morgan fingerprint density at radius 3 is 1.33 bits per heavy atom. The molecule has 0 aromatic carbocycles. The van der Waals surface area contributed by atoms with Crippen LogP contribution in [0.25, 0.3) is 0 Å². The van der Waals surface area contributed by atoms with Crippen molar-refractivity contribution in [1.29, 1.82) is 0 Å². The minimum Gasteiger partial charge on any atom is -0.462 e. The van der Waals surface area contributed by atoms with Gasteiger partial charge in [-0.3, -0.25) is 18.6 Å². The fourth-order valence-electron chi connectivity index (χ4n) is 7.30. The van der Waals surface area contributed by atoms with Crippen LogP contribution in [0.15, 0.2) is 48.6 Å². The third kappa shape index (κ3) is 49.4. The number of unbranched alkanes of at least 4 members (excludes halogenated alkanes) is 26. The van der Waals surface area contributed by atoms with E-state index in [1.165, 1.54) is 135 Å². The van der Waals surface area contributed by atoms with Crippen molar-refractivity contribution in [2.24, 2.45) is 0 Å². The summed E-state index contributed by atoms with van der Waals surface area (Å²) in [5.74, 6) is -0.792. The number of nitrogens with zero attached hydrogens (tertiary/aromatic N) is 1. The van der Waals surface area contributed by atoms with E-state index in [1.807, 2.05) is 21.1 Å². The Morgan fingerprint density at radius 2 is 0.891 bits per heavy atom. The highest BCUT2D eigenvalue weighted by atomic mass is 31.2. The normalized spacial score (nSPS) is 13.8. The third-order valence-electron chi connectivity index (χ3n) is 11.4. The van der Waals surface area contributed by atoms with E-state index in [0.717, 1.165) is 64.2 Å². The first-order valence-corrected chi connectivity index (χ1v) is 27.9. The fraction of sp³-hybridized carbons (Fsp3) is 0.815. The maximum absolute atomic E-state index is 12.8. The lowest BCUT2D eigenvalue weighted by atomic mass is 10.0. The number of likely N-dealkylation sites (N-methyl/N-ethyl adjacent to an activating group) is 1. The van der Waals surface area contributed by atoms with Crippen molar-refractivity contribution in [3.8, 4) is 0 Å². The van der Waals surface area contributed by atoms with Crippen LogP contribution in [0.1, 0.15) is 232 Å². The smallest absolute Gasteiger partial charge is 0.462 e. The number of rotatable bonds is 48. The van der Waals surface area contributed by atoms with E-state index in [1.54, 1.807) is 0 Å². The Bertz CT molecular complexity index is 1230. The molecule has 374 valence electrons. The molecule has 0 saturated heterocycles. The van der Waals surface area contributed by atoms with Gasteiger partial charge in [-0.15, -0.1) is 0 Å². The summed E-state index contributed by atoms with van der Waals surface area (Å²) in [5, 5.41) is 0. The van der Waals surface area contributed by atoms with Crippen LogP contribution in [-0.2, 0) is 32.7 Å². The molecule has 0 aromatic rings. The molecule has 0 amide bonds. The Morgan fingerprint density at radius 1 is 0.500 bits per heavy atom. The molecule has 1 N–H and O–H groups in total. The summed E-state index contributed by atoms with van der Waals surface area (Å²) in [4.78, 5) is 35.6. The van der Waals surface area contributed by atoms with Gasteiger partial charge in [0.05, 0.1) is 27.7 Å². The second-order valence-electron chi connectivity index (χ2n) is 18.9. The number of ether oxygens (including phenoxy) is 2. The van der Waals surface area contributed by atoms with Crippen LogP contribution in [-0.4, -0.2) is 74.9 Å². The number of phosphoric ester groups is 1. The first-order chi connectivity index (χ1) is 31.0. The van der Waals surface area contributed by atoms with E-state index in [0.29, 0.717) is 23.9 Å². The van der Waals surface area contributed by atoms with E-state index in [9.17, 15) is 19.0 Å². The lowest BCUT2D eigenvalue weighted by Crippen LogP contribution is -2.37. The molecule has 0 spiro atoms. The van der Waals surface area contributed by atoms with Crippen molar-refractivity contribution < 1.29 is 42.1 Å². The Labute approximate surface area is 394 Å². The fourth-order valence-corrected chi connectivity index (χ4v) is 8.04. The number of quaternary nitrogens is 1. The molecule has 0 aliphatic rings. The van der Waals surface area contributed by atoms with Gasteiger partial charge in [0.1, 0.15) is 19.8 Å². The van der Waals surface area contributed by atoms with Crippen molar-refractivity contribution in [2.45, 2.75) is 238 Å². The van der Waals surface area contributed by atoms with Crippen LogP contribution >= 0.6 is 7.82 Å². The van der Waals surface area contributed by atoms with E-state index in [-0.39, 0.29) is 25.6 Å². The van der Waals surface area contributed by atoms with E-state index in [2.05, 4.69) is 62.5 Å². The molecule has 0 aliphatic heterocycles. The van der Waals surface area contributed by atoms with Gasteiger partial charge in [0.25, 0.3) is 0 Å². The van der Waals surface area contributed by atoms with E-state index >= 15 is 0 Å².